The van der Waals surface area contributed by atoms with Gasteiger partial charge in [0.25, 0.3) is 5.91 Å². The van der Waals surface area contributed by atoms with Gasteiger partial charge in [-0.3, -0.25) is 9.59 Å². The van der Waals surface area contributed by atoms with E-state index in [0.717, 1.165) is 5.56 Å². The van der Waals surface area contributed by atoms with Crippen LogP contribution in [0.5, 0.6) is 5.75 Å². The first-order valence-corrected chi connectivity index (χ1v) is 8.79. The molecule has 1 amide bonds. The number of nitrogens with one attached hydrogen (secondary N) is 1. The van der Waals surface area contributed by atoms with Gasteiger partial charge < -0.3 is 14.8 Å². The number of rotatable bonds is 4. The molecule has 1 aliphatic heterocycles. The number of anilines is 1. The standard InChI is InChI=1S/C19H14Cl2N2O4/c20-14-2-4-17-12(6-14)5-13(9-26-17)19(25)27-10-18(24)23-15-3-1-11(8-22)16(21)7-15/h1-4,6-7,13H,5,9-10H2,(H,23,24)/t13-/m1/s1. The number of amides is 1. The van der Waals surface area contributed by atoms with E-state index in [1.165, 1.54) is 12.1 Å². The fourth-order valence-electron chi connectivity index (χ4n) is 2.65. The molecule has 0 saturated carbocycles. The Morgan fingerprint density at radius 1 is 1.26 bits per heavy atom. The second kappa shape index (κ2) is 8.30. The van der Waals surface area contributed by atoms with Crippen molar-refractivity contribution < 1.29 is 19.1 Å². The van der Waals surface area contributed by atoms with Gasteiger partial charge in [-0.1, -0.05) is 23.2 Å². The maximum Gasteiger partial charge on any atom is 0.313 e. The van der Waals surface area contributed by atoms with Crippen molar-refractivity contribution in [2.75, 3.05) is 18.5 Å². The van der Waals surface area contributed by atoms with E-state index < -0.39 is 24.4 Å². The molecular weight excluding hydrogens is 391 g/mol. The third-order valence-corrected chi connectivity index (χ3v) is 4.53. The van der Waals surface area contributed by atoms with Crippen LogP contribution in [0.2, 0.25) is 10.0 Å². The summed E-state index contributed by atoms with van der Waals surface area (Å²) in [7, 11) is 0. The quantitative estimate of drug-likeness (QED) is 0.786. The largest absolute Gasteiger partial charge is 0.492 e. The van der Waals surface area contributed by atoms with Crippen molar-refractivity contribution in [1.82, 2.24) is 0 Å². The maximum atomic E-state index is 12.2. The van der Waals surface area contributed by atoms with Crippen molar-refractivity contribution in [2.45, 2.75) is 6.42 Å². The van der Waals surface area contributed by atoms with Gasteiger partial charge in [0.2, 0.25) is 0 Å². The molecule has 0 radical (unpaired) electrons. The van der Waals surface area contributed by atoms with Crippen LogP contribution in [-0.4, -0.2) is 25.1 Å². The van der Waals surface area contributed by atoms with Crippen LogP contribution in [0, 0.1) is 17.2 Å². The van der Waals surface area contributed by atoms with Gasteiger partial charge in [-0.2, -0.15) is 5.26 Å². The lowest BCUT2D eigenvalue weighted by Gasteiger charge is -2.24. The summed E-state index contributed by atoms with van der Waals surface area (Å²) < 4.78 is 10.6. The number of esters is 1. The fourth-order valence-corrected chi connectivity index (χ4v) is 3.07. The number of hydrogen-bond donors (Lipinski definition) is 1. The minimum absolute atomic E-state index is 0.181. The molecule has 27 heavy (non-hydrogen) atoms. The first-order chi connectivity index (χ1) is 13.0. The Labute approximate surface area is 165 Å². The minimum atomic E-state index is -0.520. The Kier molecular flexibility index (Phi) is 5.84. The average Bonchev–Trinajstić information content (AvgIpc) is 2.65. The maximum absolute atomic E-state index is 12.2. The summed E-state index contributed by atoms with van der Waals surface area (Å²) >= 11 is 11.9. The van der Waals surface area contributed by atoms with Gasteiger partial charge in [-0.25, -0.2) is 0 Å². The molecule has 1 aliphatic rings. The first kappa shape index (κ1) is 19.0. The van der Waals surface area contributed by atoms with E-state index in [1.807, 2.05) is 6.07 Å². The highest BCUT2D eigenvalue weighted by molar-refractivity contribution is 6.32. The monoisotopic (exact) mass is 404 g/mol. The molecule has 3 rings (SSSR count). The van der Waals surface area contributed by atoms with Crippen LogP contribution in [0.15, 0.2) is 36.4 Å². The van der Waals surface area contributed by atoms with Gasteiger partial charge in [-0.05, 0) is 48.4 Å². The number of carbonyl (C=O) groups excluding carboxylic acids is 2. The molecule has 2 aromatic carbocycles. The number of fused-ring (bicyclic) bond motifs is 1. The molecule has 0 aliphatic carbocycles. The zero-order valence-electron chi connectivity index (χ0n) is 14.0. The Bertz CT molecular complexity index is 940. The van der Waals surface area contributed by atoms with Crippen LogP contribution in [0.4, 0.5) is 5.69 Å². The van der Waals surface area contributed by atoms with E-state index in [4.69, 9.17) is 37.9 Å². The molecular formula is C19H14Cl2N2O4. The number of ether oxygens (including phenoxy) is 2. The van der Waals surface area contributed by atoms with Crippen LogP contribution < -0.4 is 10.1 Å². The van der Waals surface area contributed by atoms with E-state index in [2.05, 4.69) is 5.32 Å². The lowest BCUT2D eigenvalue weighted by molar-refractivity contribution is -0.152. The van der Waals surface area contributed by atoms with E-state index in [-0.39, 0.29) is 11.6 Å². The third kappa shape index (κ3) is 4.70. The van der Waals surface area contributed by atoms with Crippen molar-refractivity contribution in [1.29, 1.82) is 5.26 Å². The summed E-state index contributed by atoms with van der Waals surface area (Å²) in [6.45, 7) is -0.254. The lowest BCUT2D eigenvalue weighted by Crippen LogP contribution is -2.32. The van der Waals surface area contributed by atoms with E-state index in [1.54, 1.807) is 24.3 Å². The van der Waals surface area contributed by atoms with Gasteiger partial charge in [0.05, 0.1) is 16.5 Å². The molecule has 8 heteroatoms. The third-order valence-electron chi connectivity index (χ3n) is 3.98. The number of nitrogens with zero attached hydrogens (tertiary/aromatic N) is 1. The molecule has 0 unspecified atom stereocenters. The molecule has 0 aromatic heterocycles. The number of nitriles is 1. The van der Waals surface area contributed by atoms with E-state index >= 15 is 0 Å². The van der Waals surface area contributed by atoms with Crippen LogP contribution in [-0.2, 0) is 20.7 Å². The first-order valence-electron chi connectivity index (χ1n) is 8.03. The predicted octanol–water partition coefficient (Wildman–Crippen LogP) is 3.60. The highest BCUT2D eigenvalue weighted by atomic mass is 35.5. The summed E-state index contributed by atoms with van der Waals surface area (Å²) in [5.74, 6) is -0.843. The summed E-state index contributed by atoms with van der Waals surface area (Å²) in [5, 5.41) is 12.2. The SMILES string of the molecule is N#Cc1ccc(NC(=O)COC(=O)[C@H]2COc3ccc(Cl)cc3C2)cc1Cl. The Balaban J connectivity index is 1.52. The van der Waals surface area contributed by atoms with Crippen LogP contribution >= 0.6 is 23.2 Å². The van der Waals surface area contributed by atoms with Gasteiger partial charge in [0.15, 0.2) is 6.61 Å². The molecule has 1 heterocycles. The molecule has 0 saturated heterocycles. The normalized spacial score (nSPS) is 15.1. The summed E-state index contributed by atoms with van der Waals surface area (Å²) in [4.78, 5) is 24.2. The molecule has 2 aromatic rings. The van der Waals surface area contributed by atoms with Gasteiger partial charge in [-0.15, -0.1) is 0 Å². The number of carbonyl (C=O) groups is 2. The molecule has 1 N–H and O–H groups in total. The van der Waals surface area contributed by atoms with Crippen LogP contribution in [0.1, 0.15) is 11.1 Å². The van der Waals surface area contributed by atoms with E-state index in [0.29, 0.717) is 28.4 Å². The highest BCUT2D eigenvalue weighted by Crippen LogP contribution is 2.30. The van der Waals surface area contributed by atoms with Crippen molar-refractivity contribution in [2.24, 2.45) is 5.92 Å². The predicted molar refractivity (Wildman–Crippen MR) is 99.9 cm³/mol. The summed E-state index contributed by atoms with van der Waals surface area (Å²) in [5.41, 5.74) is 1.54. The molecule has 138 valence electrons. The van der Waals surface area contributed by atoms with Crippen molar-refractivity contribution in [3.63, 3.8) is 0 Å². The number of benzene rings is 2. The lowest BCUT2D eigenvalue weighted by atomic mass is 9.97. The Hall–Kier alpha value is -2.75. The molecule has 6 nitrogen and oxygen atoms in total. The van der Waals surface area contributed by atoms with Crippen LogP contribution in [0.3, 0.4) is 0 Å². The van der Waals surface area contributed by atoms with Gasteiger partial charge >= 0.3 is 5.97 Å². The second-order valence-electron chi connectivity index (χ2n) is 5.93. The average molecular weight is 405 g/mol. The van der Waals surface area contributed by atoms with Gasteiger partial charge in [0, 0.05) is 10.7 Å². The zero-order chi connectivity index (χ0) is 19.4. The smallest absolute Gasteiger partial charge is 0.313 e. The molecule has 0 bridgehead atoms. The van der Waals surface area contributed by atoms with E-state index in [9.17, 15) is 9.59 Å². The number of halogens is 2. The summed E-state index contributed by atoms with van der Waals surface area (Å²) in [6, 6.07) is 11.6. The van der Waals surface area contributed by atoms with Crippen molar-refractivity contribution >= 4 is 40.8 Å². The van der Waals surface area contributed by atoms with Crippen molar-refractivity contribution in [3.05, 3.63) is 57.6 Å². The molecule has 0 spiro atoms. The number of hydrogen-bond acceptors (Lipinski definition) is 5. The molecule has 0 fully saturated rings. The second-order valence-corrected chi connectivity index (χ2v) is 6.77. The highest BCUT2D eigenvalue weighted by Gasteiger charge is 2.28. The van der Waals surface area contributed by atoms with Gasteiger partial charge in [0.1, 0.15) is 18.4 Å². The minimum Gasteiger partial charge on any atom is -0.492 e. The summed E-state index contributed by atoms with van der Waals surface area (Å²) in [6.07, 6.45) is 0.432. The fraction of sp³-hybridized carbons (Fsp3) is 0.211. The Morgan fingerprint density at radius 2 is 2.07 bits per heavy atom. The van der Waals surface area contributed by atoms with Crippen LogP contribution in [0.25, 0.3) is 0 Å². The van der Waals surface area contributed by atoms with Crippen molar-refractivity contribution in [3.8, 4) is 11.8 Å². The topological polar surface area (TPSA) is 88.4 Å². The zero-order valence-corrected chi connectivity index (χ0v) is 15.5. The molecule has 1 atom stereocenters. The Morgan fingerprint density at radius 3 is 2.81 bits per heavy atom.